The molecule has 8 heteroatoms. The molecule has 2 heterocycles. The van der Waals surface area contributed by atoms with Gasteiger partial charge in [-0.1, -0.05) is 42.1 Å². The lowest BCUT2D eigenvalue weighted by atomic mass is 10.2. The van der Waals surface area contributed by atoms with Crippen LogP contribution in [0.5, 0.6) is 5.75 Å². The minimum absolute atomic E-state index is 0.117. The molecule has 1 fully saturated rings. The number of rotatable bonds is 6. The summed E-state index contributed by atoms with van der Waals surface area (Å²) in [5.41, 5.74) is 1.45. The summed E-state index contributed by atoms with van der Waals surface area (Å²) in [5.74, 6) is 0.837. The third kappa shape index (κ3) is 3.63. The number of thioether (sulfide) groups is 1. The van der Waals surface area contributed by atoms with Gasteiger partial charge < -0.3 is 4.74 Å². The molecule has 0 aliphatic carbocycles. The Morgan fingerprint density at radius 1 is 1.14 bits per heavy atom. The van der Waals surface area contributed by atoms with Gasteiger partial charge in [0.1, 0.15) is 11.0 Å². The van der Waals surface area contributed by atoms with Gasteiger partial charge in [0.25, 0.3) is 0 Å². The minimum atomic E-state index is -0.543. The molecular formula is C20H18N4O3S. The third-order valence-corrected chi connectivity index (χ3v) is 5.32. The first-order valence-corrected chi connectivity index (χ1v) is 9.78. The molecule has 1 saturated heterocycles. The Hall–Kier alpha value is -3.13. The van der Waals surface area contributed by atoms with Crippen molar-refractivity contribution < 1.29 is 14.3 Å². The number of carbonyl (C=O) groups is 2. The van der Waals surface area contributed by atoms with E-state index in [2.05, 4.69) is 15.2 Å². The normalized spacial score (nSPS) is 16.6. The predicted molar refractivity (Wildman–Crippen MR) is 106 cm³/mol. The summed E-state index contributed by atoms with van der Waals surface area (Å²) < 4.78 is 5.40. The van der Waals surface area contributed by atoms with E-state index in [1.807, 2.05) is 37.3 Å². The van der Waals surface area contributed by atoms with Crippen LogP contribution in [0.15, 0.2) is 59.8 Å². The molecule has 3 aromatic rings. The average Bonchev–Trinajstić information content (AvgIpc) is 3.29. The Morgan fingerprint density at radius 3 is 2.61 bits per heavy atom. The summed E-state index contributed by atoms with van der Waals surface area (Å²) in [5, 5.41) is 6.95. The number of ether oxygens (including phenoxy) is 1. The van der Waals surface area contributed by atoms with E-state index in [0.717, 1.165) is 5.56 Å². The van der Waals surface area contributed by atoms with Crippen LogP contribution in [0.3, 0.4) is 0 Å². The van der Waals surface area contributed by atoms with E-state index in [-0.39, 0.29) is 18.2 Å². The maximum absolute atomic E-state index is 12.8. The fraction of sp³-hybridized carbons (Fsp3) is 0.200. The van der Waals surface area contributed by atoms with E-state index < -0.39 is 5.25 Å². The van der Waals surface area contributed by atoms with Crippen molar-refractivity contribution in [3.05, 3.63) is 54.6 Å². The molecule has 1 atom stereocenters. The van der Waals surface area contributed by atoms with Crippen molar-refractivity contribution >= 4 is 29.3 Å². The second-order valence-corrected chi connectivity index (χ2v) is 7.31. The smallest absolute Gasteiger partial charge is 0.247 e. The maximum atomic E-state index is 12.8. The highest BCUT2D eigenvalue weighted by atomic mass is 32.2. The van der Waals surface area contributed by atoms with Crippen molar-refractivity contribution in [2.24, 2.45) is 0 Å². The van der Waals surface area contributed by atoms with Crippen LogP contribution in [0.1, 0.15) is 13.3 Å². The molecular weight excluding hydrogens is 376 g/mol. The Labute approximate surface area is 166 Å². The van der Waals surface area contributed by atoms with Gasteiger partial charge >= 0.3 is 0 Å². The molecule has 142 valence electrons. The van der Waals surface area contributed by atoms with E-state index in [0.29, 0.717) is 29.0 Å². The SMILES string of the molecule is CCOc1ccc(N2C(=O)C[C@H](Sc3n[nH]c(-c4ccccc4)n3)C2=O)cc1. The largest absolute Gasteiger partial charge is 0.494 e. The molecule has 0 radical (unpaired) electrons. The number of hydrogen-bond acceptors (Lipinski definition) is 6. The first-order chi connectivity index (χ1) is 13.7. The highest BCUT2D eigenvalue weighted by molar-refractivity contribution is 8.00. The number of nitrogens with one attached hydrogen (secondary N) is 1. The highest BCUT2D eigenvalue weighted by Crippen LogP contribution is 2.33. The lowest BCUT2D eigenvalue weighted by Crippen LogP contribution is -2.31. The van der Waals surface area contributed by atoms with Crippen LogP contribution in [0.4, 0.5) is 5.69 Å². The first-order valence-electron chi connectivity index (χ1n) is 8.90. The van der Waals surface area contributed by atoms with Crippen LogP contribution in [0.2, 0.25) is 0 Å². The number of nitrogens with zero attached hydrogens (tertiary/aromatic N) is 3. The summed E-state index contributed by atoms with van der Waals surface area (Å²) in [6.07, 6.45) is 0.117. The van der Waals surface area contributed by atoms with Gasteiger partial charge in [-0.25, -0.2) is 9.88 Å². The van der Waals surface area contributed by atoms with Crippen LogP contribution < -0.4 is 9.64 Å². The van der Waals surface area contributed by atoms with E-state index in [9.17, 15) is 9.59 Å². The summed E-state index contributed by atoms with van der Waals surface area (Å²) in [6.45, 7) is 2.46. The molecule has 1 N–H and O–H groups in total. The van der Waals surface area contributed by atoms with Gasteiger partial charge in [0.2, 0.25) is 17.0 Å². The molecule has 2 aromatic carbocycles. The number of aromatic nitrogens is 3. The molecule has 4 rings (SSSR count). The van der Waals surface area contributed by atoms with Crippen molar-refractivity contribution in [1.29, 1.82) is 0 Å². The summed E-state index contributed by atoms with van der Waals surface area (Å²) in [6, 6.07) is 16.5. The van der Waals surface area contributed by atoms with Gasteiger partial charge in [-0.2, -0.15) is 0 Å². The van der Waals surface area contributed by atoms with Gasteiger partial charge in [0, 0.05) is 12.0 Å². The lowest BCUT2D eigenvalue weighted by molar-refractivity contribution is -0.121. The molecule has 28 heavy (non-hydrogen) atoms. The average molecular weight is 394 g/mol. The van der Waals surface area contributed by atoms with Crippen molar-refractivity contribution in [2.45, 2.75) is 23.8 Å². The zero-order chi connectivity index (χ0) is 19.5. The number of carbonyl (C=O) groups excluding carboxylic acids is 2. The number of anilines is 1. The van der Waals surface area contributed by atoms with Gasteiger partial charge in [0.05, 0.1) is 12.3 Å². The highest BCUT2D eigenvalue weighted by Gasteiger charge is 2.40. The van der Waals surface area contributed by atoms with Crippen molar-refractivity contribution in [2.75, 3.05) is 11.5 Å². The Morgan fingerprint density at radius 2 is 1.89 bits per heavy atom. The molecule has 1 aromatic heterocycles. The standard InChI is InChI=1S/C20H18N4O3S/c1-2-27-15-10-8-14(9-11-15)24-17(25)12-16(19(24)26)28-20-21-18(22-23-20)13-6-4-3-5-7-13/h3-11,16H,2,12H2,1H3,(H,21,22,23)/t16-/m0/s1. The van der Waals surface area contributed by atoms with Gasteiger partial charge in [-0.3, -0.25) is 14.7 Å². The maximum Gasteiger partial charge on any atom is 0.247 e. The molecule has 0 saturated carbocycles. The third-order valence-electron chi connectivity index (χ3n) is 4.27. The number of benzene rings is 2. The predicted octanol–water partition coefficient (Wildman–Crippen LogP) is 3.29. The van der Waals surface area contributed by atoms with Gasteiger partial charge in [-0.15, -0.1) is 5.10 Å². The molecule has 7 nitrogen and oxygen atoms in total. The molecule has 0 bridgehead atoms. The van der Waals surface area contributed by atoms with Crippen LogP contribution in [0, 0.1) is 0 Å². The Balaban J connectivity index is 1.48. The number of H-pyrrole nitrogens is 1. The van der Waals surface area contributed by atoms with Crippen LogP contribution in [0.25, 0.3) is 11.4 Å². The lowest BCUT2D eigenvalue weighted by Gasteiger charge is -2.15. The molecule has 1 aliphatic heterocycles. The molecule has 2 amide bonds. The summed E-state index contributed by atoms with van der Waals surface area (Å²) in [7, 11) is 0. The molecule has 0 spiro atoms. The number of hydrogen-bond donors (Lipinski definition) is 1. The number of aromatic amines is 1. The van der Waals surface area contributed by atoms with E-state index in [1.54, 1.807) is 24.3 Å². The first kappa shape index (κ1) is 18.2. The van der Waals surface area contributed by atoms with Gasteiger partial charge in [0.15, 0.2) is 5.82 Å². The van der Waals surface area contributed by atoms with E-state index in [1.165, 1.54) is 16.7 Å². The zero-order valence-corrected chi connectivity index (χ0v) is 16.0. The van der Waals surface area contributed by atoms with Crippen molar-refractivity contribution in [3.8, 4) is 17.1 Å². The van der Waals surface area contributed by atoms with Crippen LogP contribution in [-0.2, 0) is 9.59 Å². The summed E-state index contributed by atoms with van der Waals surface area (Å²) in [4.78, 5) is 30.9. The second kappa shape index (κ2) is 7.85. The van der Waals surface area contributed by atoms with Crippen molar-refractivity contribution in [1.82, 2.24) is 15.2 Å². The number of imide groups is 1. The Bertz CT molecular complexity index is 988. The fourth-order valence-electron chi connectivity index (χ4n) is 2.98. The van der Waals surface area contributed by atoms with E-state index in [4.69, 9.17) is 4.74 Å². The summed E-state index contributed by atoms with van der Waals surface area (Å²) >= 11 is 1.20. The molecule has 1 aliphatic rings. The van der Waals surface area contributed by atoms with Crippen LogP contribution in [-0.4, -0.2) is 38.9 Å². The second-order valence-electron chi connectivity index (χ2n) is 6.14. The fourth-order valence-corrected chi connectivity index (χ4v) is 3.91. The minimum Gasteiger partial charge on any atom is -0.494 e. The van der Waals surface area contributed by atoms with E-state index >= 15 is 0 Å². The zero-order valence-electron chi connectivity index (χ0n) is 15.2. The van der Waals surface area contributed by atoms with Crippen molar-refractivity contribution in [3.63, 3.8) is 0 Å². The topological polar surface area (TPSA) is 88.2 Å². The quantitative estimate of drug-likeness (QED) is 0.646. The van der Waals surface area contributed by atoms with Crippen LogP contribution >= 0.6 is 11.8 Å². The monoisotopic (exact) mass is 394 g/mol. The Kier molecular flexibility index (Phi) is 5.12. The number of amides is 2. The van der Waals surface area contributed by atoms with Gasteiger partial charge in [-0.05, 0) is 31.2 Å². The molecule has 0 unspecified atom stereocenters.